The number of carbonyl (C=O) groups is 4. The molecule has 0 bridgehead atoms. The maximum atomic E-state index is 11.7. The largest absolute Gasteiger partial charge is 0.457 e. The Kier molecular flexibility index (Phi) is 14.0. The first-order valence-corrected chi connectivity index (χ1v) is 12.8. The van der Waals surface area contributed by atoms with E-state index in [0.29, 0.717) is 19.3 Å². The molecular weight excluding hydrogens is 464 g/mol. The predicted octanol–water partition coefficient (Wildman–Crippen LogP) is 6.03. The van der Waals surface area contributed by atoms with Crippen LogP contribution >= 0.6 is 0 Å². The molecule has 0 amide bonds. The minimum Gasteiger partial charge on any atom is -0.457 e. The summed E-state index contributed by atoms with van der Waals surface area (Å²) in [5.41, 5.74) is -2.43. The van der Waals surface area contributed by atoms with Crippen molar-refractivity contribution in [2.45, 2.75) is 127 Å². The highest BCUT2D eigenvalue weighted by atomic mass is 16.6. The van der Waals surface area contributed by atoms with Crippen molar-refractivity contribution < 1.29 is 38.1 Å². The average molecular weight is 517 g/mol. The molecule has 0 saturated carbocycles. The Morgan fingerprint density at radius 1 is 0.528 bits per heavy atom. The summed E-state index contributed by atoms with van der Waals surface area (Å²) in [6.45, 7) is 25.6. The molecule has 0 unspecified atom stereocenters. The third-order valence-electron chi connectivity index (χ3n) is 6.93. The van der Waals surface area contributed by atoms with Gasteiger partial charge in [-0.25, -0.2) is 9.59 Å². The molecular formula is C28H52O8. The molecule has 0 aromatic carbocycles. The minimum absolute atomic E-state index is 0.185. The number of hydrogen-bond donors (Lipinski definition) is 0. The molecule has 0 rings (SSSR count). The third kappa shape index (κ3) is 13.3. The summed E-state index contributed by atoms with van der Waals surface area (Å²) in [7, 11) is 0. The zero-order valence-electron chi connectivity index (χ0n) is 25.3. The first-order valence-electron chi connectivity index (χ1n) is 12.8. The van der Waals surface area contributed by atoms with E-state index in [1.54, 1.807) is 27.7 Å². The van der Waals surface area contributed by atoms with E-state index in [1.165, 1.54) is 0 Å². The Morgan fingerprint density at radius 3 is 1.14 bits per heavy atom. The van der Waals surface area contributed by atoms with E-state index >= 15 is 0 Å². The number of carbonyl (C=O) groups excluding carboxylic acids is 4. The molecule has 212 valence electrons. The van der Waals surface area contributed by atoms with E-state index in [-0.39, 0.29) is 30.6 Å². The molecule has 0 saturated heterocycles. The smallest absolute Gasteiger partial charge is 0.344 e. The van der Waals surface area contributed by atoms with Gasteiger partial charge in [-0.3, -0.25) is 9.59 Å². The second-order valence-corrected chi connectivity index (χ2v) is 12.4. The minimum atomic E-state index is -0.614. The van der Waals surface area contributed by atoms with Crippen LogP contribution in [-0.4, -0.2) is 48.3 Å². The highest BCUT2D eigenvalue weighted by Crippen LogP contribution is 2.33. The monoisotopic (exact) mass is 516 g/mol. The fourth-order valence-electron chi connectivity index (χ4n) is 1.81. The number of ether oxygens (including phenoxy) is 4. The molecule has 0 aliphatic heterocycles. The second-order valence-electron chi connectivity index (χ2n) is 12.4. The van der Waals surface area contributed by atoms with E-state index in [2.05, 4.69) is 0 Å². The predicted molar refractivity (Wildman–Crippen MR) is 140 cm³/mol. The lowest BCUT2D eigenvalue weighted by atomic mass is 9.79. The molecule has 0 atom stereocenters. The van der Waals surface area contributed by atoms with E-state index in [1.807, 2.05) is 69.2 Å². The van der Waals surface area contributed by atoms with E-state index in [0.717, 1.165) is 0 Å². The number of esters is 4. The number of hydrogen-bond acceptors (Lipinski definition) is 8. The van der Waals surface area contributed by atoms with Gasteiger partial charge in [-0.1, -0.05) is 41.5 Å². The van der Waals surface area contributed by atoms with Crippen molar-refractivity contribution in [3.63, 3.8) is 0 Å². The van der Waals surface area contributed by atoms with Crippen LogP contribution < -0.4 is 0 Å². The molecule has 8 heteroatoms. The van der Waals surface area contributed by atoms with Crippen molar-refractivity contribution >= 4 is 23.9 Å². The van der Waals surface area contributed by atoms with Crippen molar-refractivity contribution in [3.05, 3.63) is 0 Å². The van der Waals surface area contributed by atoms with E-state index in [4.69, 9.17) is 18.9 Å². The molecule has 0 N–H and O–H groups in total. The third-order valence-corrected chi connectivity index (χ3v) is 6.93. The summed E-state index contributed by atoms with van der Waals surface area (Å²) in [5.74, 6) is -1.76. The van der Waals surface area contributed by atoms with Crippen LogP contribution in [0.4, 0.5) is 0 Å². The average Bonchev–Trinajstić information content (AvgIpc) is 2.74. The lowest BCUT2D eigenvalue weighted by Gasteiger charge is -2.37. The van der Waals surface area contributed by atoms with Crippen molar-refractivity contribution in [1.29, 1.82) is 0 Å². The standard InChI is InChI=1S/C15H28O4.C13H24O4/c1-9-14(5,6)12(17)18-10-11(16)19-15(7,8)13(2,3)4;1-7-12(3,4)11(15)16-9-10(14)17-13(5,6)8-2/h9-10H2,1-8H3;7-9H2,1-6H3. The van der Waals surface area contributed by atoms with Crippen molar-refractivity contribution in [2.75, 3.05) is 13.2 Å². The van der Waals surface area contributed by atoms with Gasteiger partial charge in [-0.05, 0) is 74.7 Å². The van der Waals surface area contributed by atoms with Gasteiger partial charge in [-0.15, -0.1) is 0 Å². The molecule has 0 aliphatic carbocycles. The van der Waals surface area contributed by atoms with Crippen LogP contribution in [0.3, 0.4) is 0 Å². The van der Waals surface area contributed by atoms with Gasteiger partial charge in [0.25, 0.3) is 0 Å². The Labute approximate surface area is 219 Å². The summed E-state index contributed by atoms with van der Waals surface area (Å²) in [6, 6.07) is 0. The summed E-state index contributed by atoms with van der Waals surface area (Å²) in [5, 5.41) is 0. The highest BCUT2D eigenvalue weighted by Gasteiger charge is 2.37. The van der Waals surface area contributed by atoms with Gasteiger partial charge in [0, 0.05) is 5.41 Å². The quantitative estimate of drug-likeness (QED) is 0.242. The molecule has 0 aliphatic rings. The number of rotatable bonds is 11. The summed E-state index contributed by atoms with van der Waals surface area (Å²) >= 11 is 0. The lowest BCUT2D eigenvalue weighted by Crippen LogP contribution is -2.42. The van der Waals surface area contributed by atoms with Crippen LogP contribution in [0.1, 0.15) is 116 Å². The van der Waals surface area contributed by atoms with Gasteiger partial charge >= 0.3 is 23.9 Å². The van der Waals surface area contributed by atoms with Gasteiger partial charge in [0.05, 0.1) is 10.8 Å². The van der Waals surface area contributed by atoms with Crippen molar-refractivity contribution in [2.24, 2.45) is 16.2 Å². The molecule has 0 aromatic heterocycles. The van der Waals surface area contributed by atoms with Gasteiger partial charge in [0.15, 0.2) is 13.2 Å². The maximum Gasteiger partial charge on any atom is 0.344 e. The molecule has 0 heterocycles. The Morgan fingerprint density at radius 2 is 0.861 bits per heavy atom. The molecule has 0 aromatic rings. The van der Waals surface area contributed by atoms with Crippen molar-refractivity contribution in [3.8, 4) is 0 Å². The van der Waals surface area contributed by atoms with Crippen molar-refractivity contribution in [1.82, 2.24) is 0 Å². The molecule has 0 radical (unpaired) electrons. The first kappa shape index (κ1) is 36.0. The fraction of sp³-hybridized carbons (Fsp3) is 0.857. The summed E-state index contributed by atoms with van der Waals surface area (Å²) in [4.78, 5) is 46.5. The molecule has 8 nitrogen and oxygen atoms in total. The topological polar surface area (TPSA) is 105 Å². The zero-order chi connectivity index (χ0) is 29.2. The van der Waals surface area contributed by atoms with Crippen LogP contribution in [0.25, 0.3) is 0 Å². The van der Waals surface area contributed by atoms with E-state index in [9.17, 15) is 19.2 Å². The van der Waals surface area contributed by atoms with Crippen LogP contribution in [-0.2, 0) is 38.1 Å². The van der Waals surface area contributed by atoms with Gasteiger partial charge in [-0.2, -0.15) is 0 Å². The SMILES string of the molecule is CCC(C)(C)C(=O)OCC(=O)OC(C)(C)C(C)(C)C.CCC(C)(C)OC(=O)COC(=O)C(C)(C)CC. The van der Waals surface area contributed by atoms with E-state index < -0.39 is 34.0 Å². The summed E-state index contributed by atoms with van der Waals surface area (Å²) < 4.78 is 20.5. The molecule has 0 fully saturated rings. The lowest BCUT2D eigenvalue weighted by molar-refractivity contribution is -0.178. The zero-order valence-corrected chi connectivity index (χ0v) is 25.3. The normalized spacial score (nSPS) is 12.6. The van der Waals surface area contributed by atoms with Gasteiger partial charge in [0.2, 0.25) is 0 Å². The Bertz CT molecular complexity index is 739. The van der Waals surface area contributed by atoms with Gasteiger partial charge in [0.1, 0.15) is 11.2 Å². The molecule has 36 heavy (non-hydrogen) atoms. The first-order chi connectivity index (χ1) is 16.0. The Hall–Kier alpha value is -2.12. The Balaban J connectivity index is 0. The van der Waals surface area contributed by atoms with Crippen LogP contribution in [0.2, 0.25) is 0 Å². The summed E-state index contributed by atoms with van der Waals surface area (Å²) in [6.07, 6.45) is 2.04. The van der Waals surface area contributed by atoms with Crippen LogP contribution in [0.15, 0.2) is 0 Å². The highest BCUT2D eigenvalue weighted by molar-refractivity contribution is 5.80. The van der Waals surface area contributed by atoms with Crippen LogP contribution in [0.5, 0.6) is 0 Å². The maximum absolute atomic E-state index is 11.7. The molecule has 0 spiro atoms. The van der Waals surface area contributed by atoms with Crippen LogP contribution in [0, 0.1) is 16.2 Å². The fourth-order valence-corrected chi connectivity index (χ4v) is 1.81. The second kappa shape index (κ2) is 14.0. The van der Waals surface area contributed by atoms with Gasteiger partial charge < -0.3 is 18.9 Å².